The largest absolute Gasteiger partial charge is 0.378 e. The Morgan fingerprint density at radius 2 is 1.52 bits per heavy atom. The molecule has 1 saturated heterocycles. The number of carbonyl (C=O) groups is 2. The predicted octanol–water partition coefficient (Wildman–Crippen LogP) is 8.94. The van der Waals surface area contributed by atoms with Crippen molar-refractivity contribution in [2.75, 3.05) is 20.3 Å². The van der Waals surface area contributed by atoms with Crippen LogP contribution >= 0.6 is 31.5 Å². The van der Waals surface area contributed by atoms with Gasteiger partial charge in [0.25, 0.3) is 14.4 Å². The topological polar surface area (TPSA) is 123 Å². The zero-order valence-corrected chi connectivity index (χ0v) is 35.1. The standard InChI is InChI=1S/C36H67BIN4O7P/c1-8-9-10-11-12-13-14-15-16-17-18-19-20-21-26-45-35-34(48-50(46-27-22-24-39)42(30(2)3)31(4)5)32(28-37(6)49-38)47-36(35)41(7)25-23-33(44)40-29-43/h23,25,29-32,34-36H,8-22,26-28H2,1-7H3,(H,40,43,44)/b25-23-. The van der Waals surface area contributed by atoms with Crippen LogP contribution in [0.3, 0.4) is 0 Å². The molecule has 11 nitrogen and oxygen atoms in total. The van der Waals surface area contributed by atoms with Crippen LogP contribution in [0.4, 0.5) is 0 Å². The van der Waals surface area contributed by atoms with Crippen molar-refractivity contribution in [2.45, 2.75) is 181 Å². The van der Waals surface area contributed by atoms with E-state index >= 15 is 0 Å². The number of hydrogen-bond donors (Lipinski definition) is 1. The first-order valence-electron chi connectivity index (χ1n) is 19.0. The number of carbonyl (C=O) groups excluding carboxylic acids is 2. The van der Waals surface area contributed by atoms with Gasteiger partial charge in [0.15, 0.2) is 6.23 Å². The number of nitrogens with one attached hydrogen (secondary N) is 1. The van der Waals surface area contributed by atoms with Crippen LogP contribution in [0.5, 0.6) is 0 Å². The van der Waals surface area contributed by atoms with E-state index in [1.807, 2.05) is 36.9 Å². The molecule has 2 amide bonds. The molecule has 288 valence electrons. The summed E-state index contributed by atoms with van der Waals surface area (Å²) in [5.41, 5.74) is 0. The first kappa shape index (κ1) is 47.2. The number of nitriles is 1. The number of imide groups is 1. The van der Waals surface area contributed by atoms with Gasteiger partial charge in [0.1, 0.15) is 12.2 Å². The number of unbranched alkanes of at least 4 members (excludes halogenated alkanes) is 13. The Labute approximate surface area is 320 Å². The molecule has 1 heterocycles. The minimum atomic E-state index is -1.57. The van der Waals surface area contributed by atoms with Crippen LogP contribution in [0.1, 0.15) is 131 Å². The Hall–Kier alpha value is -0.845. The maximum absolute atomic E-state index is 12.0. The second kappa shape index (κ2) is 29.6. The normalized spacial score (nSPS) is 19.8. The summed E-state index contributed by atoms with van der Waals surface area (Å²) in [6, 6.07) is 2.43. The van der Waals surface area contributed by atoms with Crippen molar-refractivity contribution in [3.63, 3.8) is 0 Å². The van der Waals surface area contributed by atoms with E-state index in [0.717, 1.165) is 12.8 Å². The third-order valence-electron chi connectivity index (χ3n) is 8.75. The van der Waals surface area contributed by atoms with Gasteiger partial charge >= 0.3 is 6.92 Å². The number of amides is 2. The molecule has 1 fully saturated rings. The number of hydrogen-bond acceptors (Lipinski definition) is 10. The van der Waals surface area contributed by atoms with Crippen molar-refractivity contribution in [2.24, 2.45) is 0 Å². The number of rotatable bonds is 31. The molecule has 0 aromatic heterocycles. The fourth-order valence-electron chi connectivity index (χ4n) is 6.18. The Bertz CT molecular complexity index is 956. The molecule has 1 N–H and O–H groups in total. The van der Waals surface area contributed by atoms with Gasteiger partial charge in [0, 0.05) is 38.0 Å². The van der Waals surface area contributed by atoms with E-state index in [2.05, 4.69) is 50.7 Å². The Morgan fingerprint density at radius 1 is 0.960 bits per heavy atom. The molecule has 0 aromatic carbocycles. The van der Waals surface area contributed by atoms with Gasteiger partial charge in [-0.2, -0.15) is 5.26 Å². The van der Waals surface area contributed by atoms with Gasteiger partial charge in [-0.1, -0.05) is 97.2 Å². The summed E-state index contributed by atoms with van der Waals surface area (Å²) in [5.74, 6) is -0.528. The summed E-state index contributed by atoms with van der Waals surface area (Å²) >= 11 is 1.91. The molecule has 0 aliphatic carbocycles. The molecular formula is C36H67BIN4O7P. The molecule has 0 aromatic rings. The Kier molecular flexibility index (Phi) is 27.9. The molecule has 0 bridgehead atoms. The molecule has 1 rings (SSSR count). The van der Waals surface area contributed by atoms with E-state index in [0.29, 0.717) is 19.3 Å². The lowest BCUT2D eigenvalue weighted by molar-refractivity contribution is -0.121. The van der Waals surface area contributed by atoms with E-state index in [1.165, 1.54) is 83.1 Å². The fraction of sp³-hybridized carbons (Fsp3) is 0.861. The highest BCUT2D eigenvalue weighted by molar-refractivity contribution is 14.1. The molecule has 5 unspecified atom stereocenters. The van der Waals surface area contributed by atoms with Crippen LogP contribution in [0.2, 0.25) is 13.1 Å². The lowest BCUT2D eigenvalue weighted by Gasteiger charge is -2.38. The molecule has 1 aliphatic rings. The van der Waals surface area contributed by atoms with Crippen LogP contribution in [-0.4, -0.2) is 85.7 Å². The SMILES string of the molecule is CCCCCCCCCCCCCCCCOC1C(OP(OCCC#N)N(C(C)C)C(C)C)C(CB(C)OI)OC1N(C)/C=C\C(=O)NC=O. The van der Waals surface area contributed by atoms with Crippen molar-refractivity contribution in [3.05, 3.63) is 12.3 Å². The summed E-state index contributed by atoms with van der Waals surface area (Å²) in [5, 5.41) is 11.4. The predicted molar refractivity (Wildman–Crippen MR) is 211 cm³/mol. The maximum atomic E-state index is 12.0. The van der Waals surface area contributed by atoms with E-state index in [9.17, 15) is 14.9 Å². The van der Waals surface area contributed by atoms with Crippen LogP contribution in [0.15, 0.2) is 12.3 Å². The summed E-state index contributed by atoms with van der Waals surface area (Å²) in [6.45, 7) is 13.4. The van der Waals surface area contributed by atoms with E-state index < -0.39 is 39.0 Å². The van der Waals surface area contributed by atoms with Gasteiger partial charge in [0.2, 0.25) is 6.41 Å². The quantitative estimate of drug-likeness (QED) is 0.0181. The van der Waals surface area contributed by atoms with Crippen molar-refractivity contribution < 1.29 is 31.1 Å². The average molecular weight is 837 g/mol. The minimum Gasteiger partial charge on any atom is -0.378 e. The van der Waals surface area contributed by atoms with Crippen LogP contribution < -0.4 is 5.32 Å². The number of halogens is 1. The molecule has 50 heavy (non-hydrogen) atoms. The summed E-state index contributed by atoms with van der Waals surface area (Å²) in [4.78, 5) is 24.6. The second-order valence-electron chi connectivity index (χ2n) is 13.9. The molecule has 5 atom stereocenters. The molecule has 14 heteroatoms. The van der Waals surface area contributed by atoms with Crippen LogP contribution in [0, 0.1) is 11.3 Å². The molecule has 1 aliphatic heterocycles. The third kappa shape index (κ3) is 19.8. The molecule has 0 spiro atoms. The van der Waals surface area contributed by atoms with Crippen LogP contribution in [0.25, 0.3) is 0 Å². The zero-order valence-electron chi connectivity index (χ0n) is 32.0. The first-order chi connectivity index (χ1) is 24.1. The van der Waals surface area contributed by atoms with Gasteiger partial charge in [-0.25, -0.2) is 4.67 Å². The Morgan fingerprint density at radius 3 is 2.02 bits per heavy atom. The zero-order chi connectivity index (χ0) is 37.1. The van der Waals surface area contributed by atoms with E-state index in [4.69, 9.17) is 21.5 Å². The molecular weight excluding hydrogens is 769 g/mol. The highest BCUT2D eigenvalue weighted by Gasteiger charge is 2.50. The van der Waals surface area contributed by atoms with Gasteiger partial charge in [0.05, 0.1) is 48.2 Å². The van der Waals surface area contributed by atoms with Crippen LogP contribution in [-0.2, 0) is 31.1 Å². The van der Waals surface area contributed by atoms with E-state index in [-0.39, 0.29) is 32.0 Å². The van der Waals surface area contributed by atoms with Gasteiger partial charge in [-0.3, -0.25) is 14.9 Å². The number of likely N-dealkylation sites (N-methyl/N-ethyl adjacent to an activating group) is 1. The van der Waals surface area contributed by atoms with Gasteiger partial charge in [-0.05, 0) is 40.4 Å². The Balaban J connectivity index is 2.99. The summed E-state index contributed by atoms with van der Waals surface area (Å²) in [6.07, 6.45) is 20.0. The second-order valence-corrected chi connectivity index (χ2v) is 15.8. The average Bonchev–Trinajstić information content (AvgIpc) is 3.41. The highest BCUT2D eigenvalue weighted by Crippen LogP contribution is 2.50. The third-order valence-corrected chi connectivity index (χ3v) is 11.7. The molecule has 0 radical (unpaired) electrons. The van der Waals surface area contributed by atoms with Crippen molar-refractivity contribution in [1.29, 1.82) is 5.26 Å². The molecule has 0 saturated carbocycles. The van der Waals surface area contributed by atoms with Gasteiger partial charge < -0.3 is 26.4 Å². The number of ether oxygens (including phenoxy) is 2. The monoisotopic (exact) mass is 836 g/mol. The van der Waals surface area contributed by atoms with Crippen molar-refractivity contribution >= 4 is 50.8 Å². The van der Waals surface area contributed by atoms with Crippen molar-refractivity contribution in [3.8, 4) is 6.07 Å². The highest BCUT2D eigenvalue weighted by atomic mass is 127. The lowest BCUT2D eigenvalue weighted by Crippen LogP contribution is -2.44. The van der Waals surface area contributed by atoms with Gasteiger partial charge in [-0.15, -0.1) is 0 Å². The smallest absolute Gasteiger partial charge is 0.307 e. The first-order valence-corrected chi connectivity index (χ1v) is 21.1. The maximum Gasteiger partial charge on any atom is 0.307 e. The van der Waals surface area contributed by atoms with E-state index in [1.54, 1.807) is 11.1 Å². The lowest BCUT2D eigenvalue weighted by atomic mass is 9.66. The fourth-order valence-corrected chi connectivity index (χ4v) is 8.16. The van der Waals surface area contributed by atoms with Crippen molar-refractivity contribution in [1.82, 2.24) is 14.9 Å². The summed E-state index contributed by atoms with van der Waals surface area (Å²) in [7, 11) is 0.248. The summed E-state index contributed by atoms with van der Waals surface area (Å²) < 4.78 is 34.3. The minimum absolute atomic E-state index is 0.117. The number of nitrogens with zero attached hydrogens (tertiary/aromatic N) is 3.